The van der Waals surface area contributed by atoms with E-state index in [0.29, 0.717) is 30.7 Å². The maximum Gasteiger partial charge on any atom is 0.338 e. The number of thiazole rings is 1. The average molecular weight is 304 g/mol. The molecule has 5 nitrogen and oxygen atoms in total. The fourth-order valence-electron chi connectivity index (χ4n) is 1.73. The monoisotopic (exact) mass is 304 g/mol. The molecule has 0 radical (unpaired) electrons. The minimum Gasteiger partial charge on any atom is -0.462 e. The SMILES string of the molecule is CCOC(=O)c1ccc(NC(=O)CCc2cscn2)cc1. The Hall–Kier alpha value is -2.21. The molecule has 0 aliphatic heterocycles. The number of anilines is 1. The van der Waals surface area contributed by atoms with E-state index in [1.165, 1.54) is 11.3 Å². The van der Waals surface area contributed by atoms with Crippen LogP contribution >= 0.6 is 11.3 Å². The molecule has 0 saturated carbocycles. The second kappa shape index (κ2) is 7.54. The van der Waals surface area contributed by atoms with Crippen molar-refractivity contribution in [3.63, 3.8) is 0 Å². The van der Waals surface area contributed by atoms with Crippen LogP contribution in [-0.2, 0) is 16.0 Å². The smallest absolute Gasteiger partial charge is 0.338 e. The van der Waals surface area contributed by atoms with Gasteiger partial charge in [-0.25, -0.2) is 9.78 Å². The lowest BCUT2D eigenvalue weighted by Gasteiger charge is -2.06. The number of benzene rings is 1. The van der Waals surface area contributed by atoms with Crippen LogP contribution in [0.3, 0.4) is 0 Å². The summed E-state index contributed by atoms with van der Waals surface area (Å²) >= 11 is 1.52. The van der Waals surface area contributed by atoms with Crippen molar-refractivity contribution >= 4 is 28.9 Å². The zero-order valence-corrected chi connectivity index (χ0v) is 12.5. The van der Waals surface area contributed by atoms with Gasteiger partial charge in [-0.15, -0.1) is 11.3 Å². The number of hydrogen-bond acceptors (Lipinski definition) is 5. The van der Waals surface area contributed by atoms with Crippen LogP contribution in [0.2, 0.25) is 0 Å². The Bertz CT molecular complexity index is 594. The molecule has 0 saturated heterocycles. The van der Waals surface area contributed by atoms with Crippen molar-refractivity contribution in [3.05, 3.63) is 46.4 Å². The Morgan fingerprint density at radius 3 is 2.67 bits per heavy atom. The van der Waals surface area contributed by atoms with Gasteiger partial charge >= 0.3 is 5.97 Å². The Balaban J connectivity index is 1.85. The summed E-state index contributed by atoms with van der Waals surface area (Å²) in [5.74, 6) is -0.439. The minimum absolute atomic E-state index is 0.0770. The van der Waals surface area contributed by atoms with Gasteiger partial charge in [-0.1, -0.05) is 0 Å². The van der Waals surface area contributed by atoms with Crippen LogP contribution in [0, 0.1) is 0 Å². The topological polar surface area (TPSA) is 68.3 Å². The molecule has 0 aliphatic carbocycles. The summed E-state index contributed by atoms with van der Waals surface area (Å²) in [5, 5.41) is 4.72. The molecule has 1 heterocycles. The van der Waals surface area contributed by atoms with E-state index in [1.807, 2.05) is 5.38 Å². The van der Waals surface area contributed by atoms with Crippen molar-refractivity contribution in [2.24, 2.45) is 0 Å². The van der Waals surface area contributed by atoms with Crippen molar-refractivity contribution in [1.29, 1.82) is 0 Å². The Morgan fingerprint density at radius 1 is 1.29 bits per heavy atom. The molecular weight excluding hydrogens is 288 g/mol. The molecule has 1 amide bonds. The van der Waals surface area contributed by atoms with E-state index in [0.717, 1.165) is 5.69 Å². The highest BCUT2D eigenvalue weighted by Crippen LogP contribution is 2.12. The number of aryl methyl sites for hydroxylation is 1. The minimum atomic E-state index is -0.362. The average Bonchev–Trinajstić information content (AvgIpc) is 2.99. The van der Waals surface area contributed by atoms with Gasteiger partial charge in [0.15, 0.2) is 0 Å². The number of amides is 1. The van der Waals surface area contributed by atoms with Gasteiger partial charge in [0.05, 0.1) is 23.4 Å². The molecule has 0 spiro atoms. The fourth-order valence-corrected chi connectivity index (χ4v) is 2.32. The first-order chi connectivity index (χ1) is 10.2. The van der Waals surface area contributed by atoms with E-state index in [-0.39, 0.29) is 11.9 Å². The highest BCUT2D eigenvalue weighted by molar-refractivity contribution is 7.07. The van der Waals surface area contributed by atoms with Gasteiger partial charge in [0.2, 0.25) is 5.91 Å². The van der Waals surface area contributed by atoms with Gasteiger partial charge in [0.25, 0.3) is 0 Å². The Kier molecular flexibility index (Phi) is 5.45. The molecule has 1 aromatic carbocycles. The summed E-state index contributed by atoms with van der Waals surface area (Å²) in [5.41, 5.74) is 3.80. The summed E-state index contributed by atoms with van der Waals surface area (Å²) in [6, 6.07) is 6.64. The van der Waals surface area contributed by atoms with Crippen LogP contribution in [0.4, 0.5) is 5.69 Å². The van der Waals surface area contributed by atoms with Crippen molar-refractivity contribution < 1.29 is 14.3 Å². The number of nitrogens with one attached hydrogen (secondary N) is 1. The largest absolute Gasteiger partial charge is 0.462 e. The van der Waals surface area contributed by atoms with Crippen LogP contribution in [0.15, 0.2) is 35.2 Å². The lowest BCUT2D eigenvalue weighted by Crippen LogP contribution is -2.12. The normalized spacial score (nSPS) is 10.1. The Labute approximate surface area is 127 Å². The number of nitrogens with zero attached hydrogens (tertiary/aromatic N) is 1. The predicted octanol–water partition coefficient (Wildman–Crippen LogP) is 2.89. The van der Waals surface area contributed by atoms with Gasteiger partial charge in [-0.3, -0.25) is 4.79 Å². The third kappa shape index (κ3) is 4.68. The van der Waals surface area contributed by atoms with E-state index in [4.69, 9.17) is 4.74 Å². The van der Waals surface area contributed by atoms with E-state index >= 15 is 0 Å². The maximum atomic E-state index is 11.8. The second-order valence-electron chi connectivity index (χ2n) is 4.33. The lowest BCUT2D eigenvalue weighted by atomic mass is 10.2. The zero-order chi connectivity index (χ0) is 15.1. The number of carbonyl (C=O) groups is 2. The number of hydrogen-bond donors (Lipinski definition) is 1. The fraction of sp³-hybridized carbons (Fsp3) is 0.267. The van der Waals surface area contributed by atoms with Gasteiger partial charge in [-0.2, -0.15) is 0 Å². The van der Waals surface area contributed by atoms with Gasteiger partial charge in [0.1, 0.15) is 0 Å². The molecule has 2 aromatic rings. The molecule has 0 atom stereocenters. The Morgan fingerprint density at radius 2 is 2.05 bits per heavy atom. The second-order valence-corrected chi connectivity index (χ2v) is 5.04. The van der Waals surface area contributed by atoms with Crippen molar-refractivity contribution in [2.75, 3.05) is 11.9 Å². The molecule has 2 rings (SSSR count). The quantitative estimate of drug-likeness (QED) is 0.833. The molecule has 21 heavy (non-hydrogen) atoms. The highest BCUT2D eigenvalue weighted by Gasteiger charge is 2.07. The third-order valence-electron chi connectivity index (χ3n) is 2.77. The number of esters is 1. The standard InChI is InChI=1S/C15H16N2O3S/c1-2-20-15(19)11-3-5-12(6-4-11)17-14(18)8-7-13-9-21-10-16-13/h3-6,9-10H,2,7-8H2,1H3,(H,17,18). The van der Waals surface area contributed by atoms with E-state index in [2.05, 4.69) is 10.3 Å². The number of rotatable bonds is 6. The van der Waals surface area contributed by atoms with E-state index in [9.17, 15) is 9.59 Å². The molecule has 1 N–H and O–H groups in total. The van der Waals surface area contributed by atoms with Crippen LogP contribution in [0.25, 0.3) is 0 Å². The molecule has 110 valence electrons. The summed E-state index contributed by atoms with van der Waals surface area (Å²) in [6.45, 7) is 2.10. The van der Waals surface area contributed by atoms with Crippen molar-refractivity contribution in [1.82, 2.24) is 4.98 Å². The van der Waals surface area contributed by atoms with Crippen LogP contribution in [0.1, 0.15) is 29.4 Å². The first-order valence-electron chi connectivity index (χ1n) is 6.63. The summed E-state index contributed by atoms with van der Waals surface area (Å²) in [4.78, 5) is 27.4. The van der Waals surface area contributed by atoms with Gasteiger partial charge in [0, 0.05) is 17.5 Å². The van der Waals surface area contributed by atoms with Crippen LogP contribution in [-0.4, -0.2) is 23.5 Å². The molecule has 0 fully saturated rings. The van der Waals surface area contributed by atoms with Gasteiger partial charge < -0.3 is 10.1 Å². The van der Waals surface area contributed by atoms with Crippen molar-refractivity contribution in [3.8, 4) is 0 Å². The number of aromatic nitrogens is 1. The summed E-state index contributed by atoms with van der Waals surface area (Å²) in [7, 11) is 0. The number of ether oxygens (including phenoxy) is 1. The molecule has 0 bridgehead atoms. The molecule has 6 heteroatoms. The summed E-state index contributed by atoms with van der Waals surface area (Å²) < 4.78 is 4.90. The number of carbonyl (C=O) groups excluding carboxylic acids is 2. The highest BCUT2D eigenvalue weighted by atomic mass is 32.1. The van der Waals surface area contributed by atoms with E-state index in [1.54, 1.807) is 36.7 Å². The molecule has 1 aromatic heterocycles. The maximum absolute atomic E-state index is 11.8. The third-order valence-corrected chi connectivity index (χ3v) is 3.41. The summed E-state index contributed by atoms with van der Waals surface area (Å²) in [6.07, 6.45) is 1.000. The molecule has 0 unspecified atom stereocenters. The van der Waals surface area contributed by atoms with Crippen LogP contribution in [0.5, 0.6) is 0 Å². The molecular formula is C15H16N2O3S. The first kappa shape index (κ1) is 15.2. The zero-order valence-electron chi connectivity index (χ0n) is 11.7. The first-order valence-corrected chi connectivity index (χ1v) is 7.57. The predicted molar refractivity (Wildman–Crippen MR) is 81.5 cm³/mol. The van der Waals surface area contributed by atoms with Crippen molar-refractivity contribution in [2.45, 2.75) is 19.8 Å². The van der Waals surface area contributed by atoms with E-state index < -0.39 is 0 Å². The molecule has 0 aliphatic rings. The lowest BCUT2D eigenvalue weighted by molar-refractivity contribution is -0.116. The van der Waals surface area contributed by atoms with Crippen LogP contribution < -0.4 is 5.32 Å². The van der Waals surface area contributed by atoms with Gasteiger partial charge in [-0.05, 0) is 37.6 Å².